The minimum Gasteiger partial charge on any atom is -0.618 e. The van der Waals surface area contributed by atoms with E-state index in [9.17, 15) is 10.0 Å². The highest BCUT2D eigenvalue weighted by molar-refractivity contribution is 6.22. The zero-order valence-electron chi connectivity index (χ0n) is 10.2. The zero-order valence-corrected chi connectivity index (χ0v) is 10.2. The maximum Gasteiger partial charge on any atom is 0.249 e. The minimum atomic E-state index is -0.530. The van der Waals surface area contributed by atoms with Gasteiger partial charge in [0, 0.05) is 11.6 Å². The Labute approximate surface area is 110 Å². The number of amides is 1. The first-order valence-corrected chi connectivity index (χ1v) is 5.99. The van der Waals surface area contributed by atoms with Gasteiger partial charge in [0.05, 0.1) is 17.6 Å². The average molecular weight is 252 g/mol. The van der Waals surface area contributed by atoms with Gasteiger partial charge in [0.2, 0.25) is 17.3 Å². The van der Waals surface area contributed by atoms with Crippen LogP contribution in [-0.4, -0.2) is 16.4 Å². The Morgan fingerprint density at radius 1 is 1.32 bits per heavy atom. The van der Waals surface area contributed by atoms with Gasteiger partial charge < -0.3 is 10.9 Å². The number of primary amides is 1. The van der Waals surface area contributed by atoms with Crippen LogP contribution in [0.4, 0.5) is 5.69 Å². The van der Waals surface area contributed by atoms with Gasteiger partial charge in [-0.25, -0.2) is 0 Å². The molecule has 4 nitrogen and oxygen atoms in total. The molecule has 1 aromatic rings. The van der Waals surface area contributed by atoms with Crippen LogP contribution in [0.1, 0.15) is 12.0 Å². The quantitative estimate of drug-likeness (QED) is 0.613. The zero-order chi connectivity index (χ0) is 13.4. The van der Waals surface area contributed by atoms with Crippen LogP contribution in [0, 0.1) is 5.21 Å². The lowest BCUT2D eigenvalue weighted by molar-refractivity contribution is -0.361. The summed E-state index contributed by atoms with van der Waals surface area (Å²) in [6.07, 6.45) is 7.84. The molecule has 4 heteroatoms. The van der Waals surface area contributed by atoms with E-state index in [-0.39, 0.29) is 0 Å². The monoisotopic (exact) mass is 252 g/mol. The summed E-state index contributed by atoms with van der Waals surface area (Å²) in [5, 5.41) is 12.5. The van der Waals surface area contributed by atoms with Crippen molar-refractivity contribution >= 4 is 22.9 Å². The molecular weight excluding hydrogens is 240 g/mol. The third kappa shape index (κ3) is 1.78. The molecular formula is C15H12N2O2. The summed E-state index contributed by atoms with van der Waals surface area (Å²) in [6.45, 7) is 0. The standard InChI is InChI=1S/C15H12N2O2/c16-15(18)12-9-10-5-1-3-7-13(10)17(19)14-8-4-2-6-11(12)14/h1-6,8-9H,7H2,(H2,16,18). The Hall–Kier alpha value is -2.62. The van der Waals surface area contributed by atoms with Crippen LogP contribution in [0.2, 0.25) is 0 Å². The van der Waals surface area contributed by atoms with Gasteiger partial charge in [-0.3, -0.25) is 4.79 Å². The molecule has 0 radical (unpaired) electrons. The predicted molar refractivity (Wildman–Crippen MR) is 73.7 cm³/mol. The second-order valence-corrected chi connectivity index (χ2v) is 4.43. The molecule has 0 unspecified atom stereocenters. The molecule has 1 amide bonds. The molecule has 0 saturated heterocycles. The molecule has 0 fully saturated rings. The van der Waals surface area contributed by atoms with Crippen LogP contribution in [-0.2, 0) is 4.79 Å². The predicted octanol–water partition coefficient (Wildman–Crippen LogP) is 2.04. The summed E-state index contributed by atoms with van der Waals surface area (Å²) in [5.41, 5.74) is 8.21. The van der Waals surface area contributed by atoms with Gasteiger partial charge in [0.15, 0.2) is 0 Å². The van der Waals surface area contributed by atoms with E-state index in [2.05, 4.69) is 0 Å². The third-order valence-electron chi connectivity index (χ3n) is 3.28. The third-order valence-corrected chi connectivity index (χ3v) is 3.28. The lowest BCUT2D eigenvalue weighted by atomic mass is 9.98. The van der Waals surface area contributed by atoms with Crippen molar-refractivity contribution in [3.63, 3.8) is 0 Å². The normalized spacial score (nSPS) is 17.1. The number of carbonyl (C=O) groups is 1. The molecule has 2 N–H and O–H groups in total. The fourth-order valence-electron chi connectivity index (χ4n) is 2.36. The van der Waals surface area contributed by atoms with Gasteiger partial charge in [0.25, 0.3) is 0 Å². The van der Waals surface area contributed by atoms with Crippen molar-refractivity contribution in [2.24, 2.45) is 5.73 Å². The smallest absolute Gasteiger partial charge is 0.249 e. The number of para-hydroxylation sites is 1. The number of rotatable bonds is 1. The number of hydrogen-bond donors (Lipinski definition) is 1. The fraction of sp³-hybridized carbons (Fsp3) is 0.0667. The highest BCUT2D eigenvalue weighted by Crippen LogP contribution is 2.31. The van der Waals surface area contributed by atoms with E-state index < -0.39 is 5.91 Å². The molecule has 0 aromatic heterocycles. The summed E-state index contributed by atoms with van der Waals surface area (Å²) < 4.78 is 0.886. The van der Waals surface area contributed by atoms with Crippen molar-refractivity contribution in [3.05, 3.63) is 64.9 Å². The van der Waals surface area contributed by atoms with E-state index in [1.165, 1.54) is 0 Å². The van der Waals surface area contributed by atoms with Gasteiger partial charge in [-0.15, -0.1) is 0 Å². The molecule has 1 aliphatic heterocycles. The van der Waals surface area contributed by atoms with Crippen LogP contribution in [0.3, 0.4) is 0 Å². The summed E-state index contributed by atoms with van der Waals surface area (Å²) >= 11 is 0. The molecule has 1 aromatic carbocycles. The maximum absolute atomic E-state index is 12.5. The van der Waals surface area contributed by atoms with E-state index in [0.717, 1.165) is 10.3 Å². The number of hydrogen-bond acceptors (Lipinski definition) is 2. The van der Waals surface area contributed by atoms with Crippen molar-refractivity contribution in [2.75, 3.05) is 0 Å². The lowest BCUT2D eigenvalue weighted by Crippen LogP contribution is -2.13. The lowest BCUT2D eigenvalue weighted by Gasteiger charge is -2.11. The average Bonchev–Trinajstić information content (AvgIpc) is 2.56. The van der Waals surface area contributed by atoms with Crippen molar-refractivity contribution in [3.8, 4) is 0 Å². The van der Waals surface area contributed by atoms with Crippen LogP contribution >= 0.6 is 0 Å². The summed E-state index contributed by atoms with van der Waals surface area (Å²) in [4.78, 5) is 11.6. The molecule has 2 aliphatic rings. The van der Waals surface area contributed by atoms with E-state index in [1.54, 1.807) is 30.3 Å². The Kier molecular flexibility index (Phi) is 2.56. The molecule has 0 spiro atoms. The van der Waals surface area contributed by atoms with Crippen molar-refractivity contribution in [2.45, 2.75) is 6.42 Å². The summed E-state index contributed by atoms with van der Waals surface area (Å²) in [5.74, 6) is -0.530. The Morgan fingerprint density at radius 3 is 2.89 bits per heavy atom. The molecule has 0 bridgehead atoms. The van der Waals surface area contributed by atoms with Crippen LogP contribution in [0.5, 0.6) is 0 Å². The first kappa shape index (κ1) is 11.5. The van der Waals surface area contributed by atoms with Crippen LogP contribution in [0.25, 0.3) is 5.57 Å². The van der Waals surface area contributed by atoms with E-state index in [4.69, 9.17) is 5.73 Å². The minimum absolute atomic E-state index is 0.369. The van der Waals surface area contributed by atoms with Gasteiger partial charge in [-0.2, -0.15) is 4.74 Å². The molecule has 0 saturated carbocycles. The number of carbonyl (C=O) groups excluding carboxylic acids is 1. The summed E-state index contributed by atoms with van der Waals surface area (Å²) in [7, 11) is 0. The van der Waals surface area contributed by atoms with Crippen molar-refractivity contribution < 1.29 is 9.53 Å². The molecule has 1 aliphatic carbocycles. The highest BCUT2D eigenvalue weighted by Gasteiger charge is 2.27. The number of fused-ring (bicyclic) bond motifs is 2. The number of allylic oxidation sites excluding steroid dienone is 5. The Bertz CT molecular complexity index is 694. The van der Waals surface area contributed by atoms with Crippen molar-refractivity contribution in [1.82, 2.24) is 0 Å². The largest absolute Gasteiger partial charge is 0.618 e. The van der Waals surface area contributed by atoms with E-state index >= 15 is 0 Å². The van der Waals surface area contributed by atoms with Gasteiger partial charge in [0.1, 0.15) is 0 Å². The summed E-state index contributed by atoms with van der Waals surface area (Å²) in [6, 6.07) is 7.00. The molecule has 3 rings (SSSR count). The first-order chi connectivity index (χ1) is 9.18. The van der Waals surface area contributed by atoms with Crippen molar-refractivity contribution in [1.29, 1.82) is 0 Å². The second-order valence-electron chi connectivity index (χ2n) is 4.43. The first-order valence-electron chi connectivity index (χ1n) is 5.99. The fourth-order valence-corrected chi connectivity index (χ4v) is 2.36. The number of nitrogens with two attached hydrogens (primary N) is 1. The topological polar surface area (TPSA) is 69.2 Å². The van der Waals surface area contributed by atoms with Gasteiger partial charge in [-0.05, 0) is 18.2 Å². The SMILES string of the molecule is NC(=O)C1=CC2=CC=CCC2=[N+]([O-])c2ccccc21. The Balaban J connectivity index is 2.35. The molecule has 1 heterocycles. The van der Waals surface area contributed by atoms with Gasteiger partial charge in [-0.1, -0.05) is 24.3 Å². The number of benzene rings is 1. The Morgan fingerprint density at radius 2 is 2.11 bits per heavy atom. The maximum atomic E-state index is 12.5. The van der Waals surface area contributed by atoms with Crippen LogP contribution < -0.4 is 5.73 Å². The van der Waals surface area contributed by atoms with Gasteiger partial charge >= 0.3 is 0 Å². The molecule has 19 heavy (non-hydrogen) atoms. The van der Waals surface area contributed by atoms with Crippen LogP contribution in [0.15, 0.2) is 54.1 Å². The molecule has 0 atom stereocenters. The second kappa shape index (κ2) is 4.24. The van der Waals surface area contributed by atoms with E-state index in [0.29, 0.717) is 29.0 Å². The highest BCUT2D eigenvalue weighted by atomic mass is 16.5. The van der Waals surface area contributed by atoms with E-state index in [1.807, 2.05) is 18.2 Å². The molecule has 94 valence electrons. The number of nitrogens with zero attached hydrogens (tertiary/aromatic N) is 1.